The molecule has 20 heavy (non-hydrogen) atoms. The lowest BCUT2D eigenvalue weighted by Gasteiger charge is -2.16. The summed E-state index contributed by atoms with van der Waals surface area (Å²) < 4.78 is 40.3. The fourth-order valence-corrected chi connectivity index (χ4v) is 2.13. The molecule has 0 aliphatic rings. The van der Waals surface area contributed by atoms with E-state index in [1.54, 1.807) is 13.2 Å². The molecule has 6 heteroatoms. The van der Waals surface area contributed by atoms with Crippen molar-refractivity contribution < 1.29 is 13.2 Å². The molecule has 0 aliphatic heterocycles. The van der Waals surface area contributed by atoms with Crippen molar-refractivity contribution in [2.75, 3.05) is 7.05 Å². The van der Waals surface area contributed by atoms with Gasteiger partial charge in [0.15, 0.2) is 17.5 Å². The van der Waals surface area contributed by atoms with Gasteiger partial charge < -0.3 is 5.32 Å². The van der Waals surface area contributed by atoms with Crippen molar-refractivity contribution in [2.24, 2.45) is 0 Å². The standard InChI is InChI=1S/C14H12BrF3N2/c1-19-13(6-10-3-2-9(15)7-20-10)8-4-11(16)14(18)12(17)5-8/h2-5,7,13,19H,6H2,1H3. The lowest BCUT2D eigenvalue weighted by atomic mass is 10.0. The number of rotatable bonds is 4. The van der Waals surface area contributed by atoms with Crippen molar-refractivity contribution in [1.29, 1.82) is 0 Å². The zero-order valence-corrected chi connectivity index (χ0v) is 12.2. The Hall–Kier alpha value is -1.40. The summed E-state index contributed by atoms with van der Waals surface area (Å²) in [5, 5.41) is 2.95. The second kappa shape index (κ2) is 6.37. The topological polar surface area (TPSA) is 24.9 Å². The zero-order valence-electron chi connectivity index (χ0n) is 10.6. The van der Waals surface area contributed by atoms with E-state index < -0.39 is 17.5 Å². The summed E-state index contributed by atoms with van der Waals surface area (Å²) in [7, 11) is 1.67. The van der Waals surface area contributed by atoms with Gasteiger partial charge in [0.1, 0.15) is 0 Å². The highest BCUT2D eigenvalue weighted by Crippen LogP contribution is 2.22. The molecule has 2 aromatic rings. The van der Waals surface area contributed by atoms with Crippen molar-refractivity contribution in [2.45, 2.75) is 12.5 Å². The third kappa shape index (κ3) is 3.37. The maximum atomic E-state index is 13.3. The zero-order chi connectivity index (χ0) is 14.7. The Morgan fingerprint density at radius 1 is 1.20 bits per heavy atom. The summed E-state index contributed by atoms with van der Waals surface area (Å²) in [6.45, 7) is 0. The Kier molecular flexibility index (Phi) is 4.77. The fourth-order valence-electron chi connectivity index (χ4n) is 1.90. The highest BCUT2D eigenvalue weighted by atomic mass is 79.9. The van der Waals surface area contributed by atoms with E-state index in [2.05, 4.69) is 26.2 Å². The average molecular weight is 345 g/mol. The van der Waals surface area contributed by atoms with Crippen LogP contribution in [0.2, 0.25) is 0 Å². The summed E-state index contributed by atoms with van der Waals surface area (Å²) in [4.78, 5) is 4.21. The van der Waals surface area contributed by atoms with Crippen molar-refractivity contribution in [3.05, 3.63) is 63.6 Å². The molecule has 106 valence electrons. The number of pyridine rings is 1. The Morgan fingerprint density at radius 3 is 2.35 bits per heavy atom. The van der Waals surface area contributed by atoms with Crippen LogP contribution in [-0.4, -0.2) is 12.0 Å². The van der Waals surface area contributed by atoms with Crippen molar-refractivity contribution >= 4 is 15.9 Å². The molecule has 1 aromatic heterocycles. The van der Waals surface area contributed by atoms with Crippen LogP contribution in [0.3, 0.4) is 0 Å². The molecular weight excluding hydrogens is 333 g/mol. The molecule has 0 bridgehead atoms. The van der Waals surface area contributed by atoms with Crippen LogP contribution in [0.1, 0.15) is 17.3 Å². The second-order valence-electron chi connectivity index (χ2n) is 4.31. The minimum atomic E-state index is -1.45. The van der Waals surface area contributed by atoms with Gasteiger partial charge in [0.2, 0.25) is 0 Å². The van der Waals surface area contributed by atoms with Crippen LogP contribution in [-0.2, 0) is 6.42 Å². The highest BCUT2D eigenvalue weighted by Gasteiger charge is 2.17. The van der Waals surface area contributed by atoms with Crippen LogP contribution in [0.4, 0.5) is 13.2 Å². The normalized spacial score (nSPS) is 12.4. The highest BCUT2D eigenvalue weighted by molar-refractivity contribution is 9.10. The third-order valence-electron chi connectivity index (χ3n) is 2.96. The monoisotopic (exact) mass is 344 g/mol. The van der Waals surface area contributed by atoms with E-state index in [0.29, 0.717) is 12.0 Å². The molecule has 0 fully saturated rings. The first-order chi connectivity index (χ1) is 9.51. The van der Waals surface area contributed by atoms with Gasteiger partial charge in [-0.25, -0.2) is 13.2 Å². The first kappa shape index (κ1) is 15.0. The van der Waals surface area contributed by atoms with Gasteiger partial charge in [0, 0.05) is 28.8 Å². The second-order valence-corrected chi connectivity index (χ2v) is 5.23. The van der Waals surface area contributed by atoms with Gasteiger partial charge in [-0.1, -0.05) is 0 Å². The molecule has 1 N–H and O–H groups in total. The first-order valence-electron chi connectivity index (χ1n) is 5.93. The summed E-state index contributed by atoms with van der Waals surface area (Å²) in [6, 6.07) is 5.29. The van der Waals surface area contributed by atoms with Gasteiger partial charge in [0.05, 0.1) is 0 Å². The van der Waals surface area contributed by atoms with Gasteiger partial charge in [-0.05, 0) is 52.8 Å². The lowest BCUT2D eigenvalue weighted by molar-refractivity contribution is 0.440. The molecule has 2 nitrogen and oxygen atoms in total. The quantitative estimate of drug-likeness (QED) is 0.854. The number of benzene rings is 1. The van der Waals surface area contributed by atoms with Gasteiger partial charge >= 0.3 is 0 Å². The van der Waals surface area contributed by atoms with E-state index in [1.165, 1.54) is 0 Å². The van der Waals surface area contributed by atoms with Crippen molar-refractivity contribution in [1.82, 2.24) is 10.3 Å². The molecular formula is C14H12BrF3N2. The number of halogens is 4. The molecule has 1 aromatic carbocycles. The molecule has 1 heterocycles. The first-order valence-corrected chi connectivity index (χ1v) is 6.72. The number of nitrogens with zero attached hydrogens (tertiary/aromatic N) is 1. The maximum absolute atomic E-state index is 13.3. The molecule has 0 saturated carbocycles. The third-order valence-corrected chi connectivity index (χ3v) is 3.43. The van der Waals surface area contributed by atoms with E-state index in [9.17, 15) is 13.2 Å². The van der Waals surface area contributed by atoms with Gasteiger partial charge in [-0.3, -0.25) is 4.98 Å². The predicted octanol–water partition coefficient (Wildman–Crippen LogP) is 3.76. The Balaban J connectivity index is 2.26. The van der Waals surface area contributed by atoms with Crippen LogP contribution < -0.4 is 5.32 Å². The van der Waals surface area contributed by atoms with Gasteiger partial charge in [0.25, 0.3) is 0 Å². The molecule has 0 amide bonds. The van der Waals surface area contributed by atoms with E-state index in [1.807, 2.05) is 12.1 Å². The summed E-state index contributed by atoms with van der Waals surface area (Å²) in [6.07, 6.45) is 2.09. The molecule has 2 rings (SSSR count). The maximum Gasteiger partial charge on any atom is 0.194 e. The SMILES string of the molecule is CNC(Cc1ccc(Br)cn1)c1cc(F)c(F)c(F)c1. The molecule has 0 spiro atoms. The molecule has 0 aliphatic carbocycles. The minimum Gasteiger partial charge on any atom is -0.313 e. The average Bonchev–Trinajstić information content (AvgIpc) is 2.43. The van der Waals surface area contributed by atoms with Crippen molar-refractivity contribution in [3.63, 3.8) is 0 Å². The number of hydrogen-bond acceptors (Lipinski definition) is 2. The fraction of sp³-hybridized carbons (Fsp3) is 0.214. The number of hydrogen-bond donors (Lipinski definition) is 1. The van der Waals surface area contributed by atoms with Crippen LogP contribution in [0.25, 0.3) is 0 Å². The van der Waals surface area contributed by atoms with E-state index in [-0.39, 0.29) is 6.04 Å². The van der Waals surface area contributed by atoms with Crippen molar-refractivity contribution in [3.8, 4) is 0 Å². The molecule has 0 radical (unpaired) electrons. The van der Waals surface area contributed by atoms with E-state index in [0.717, 1.165) is 22.3 Å². The van der Waals surface area contributed by atoms with Crippen LogP contribution in [0.15, 0.2) is 34.9 Å². The Morgan fingerprint density at radius 2 is 1.85 bits per heavy atom. The Labute approximate surface area is 123 Å². The lowest BCUT2D eigenvalue weighted by Crippen LogP contribution is -2.20. The summed E-state index contributed by atoms with van der Waals surface area (Å²) in [5.41, 5.74) is 1.10. The molecule has 1 atom stereocenters. The van der Waals surface area contributed by atoms with Gasteiger partial charge in [-0.15, -0.1) is 0 Å². The minimum absolute atomic E-state index is 0.341. The molecule has 0 saturated heterocycles. The Bertz CT molecular complexity index is 579. The van der Waals surface area contributed by atoms with E-state index >= 15 is 0 Å². The summed E-state index contributed by atoms with van der Waals surface area (Å²) >= 11 is 3.28. The molecule has 1 unspecified atom stereocenters. The van der Waals surface area contributed by atoms with E-state index in [4.69, 9.17) is 0 Å². The van der Waals surface area contributed by atoms with Crippen LogP contribution >= 0.6 is 15.9 Å². The smallest absolute Gasteiger partial charge is 0.194 e. The predicted molar refractivity (Wildman–Crippen MR) is 73.8 cm³/mol. The van der Waals surface area contributed by atoms with Crippen LogP contribution in [0, 0.1) is 17.5 Å². The summed E-state index contributed by atoms with van der Waals surface area (Å²) in [5.74, 6) is -3.83. The number of likely N-dealkylation sites (N-methyl/N-ethyl adjacent to an activating group) is 1. The largest absolute Gasteiger partial charge is 0.313 e. The number of aromatic nitrogens is 1. The van der Waals surface area contributed by atoms with Gasteiger partial charge in [-0.2, -0.15) is 0 Å². The number of nitrogens with one attached hydrogen (secondary N) is 1. The van der Waals surface area contributed by atoms with Crippen LogP contribution in [0.5, 0.6) is 0 Å².